The molecule has 3 aromatic heterocycles. The van der Waals surface area contributed by atoms with Gasteiger partial charge in [0.15, 0.2) is 11.5 Å². The summed E-state index contributed by atoms with van der Waals surface area (Å²) < 4.78 is 25.8. The number of methoxy groups -OCH3 is 3. The van der Waals surface area contributed by atoms with Crippen molar-refractivity contribution in [1.29, 1.82) is 0 Å². The van der Waals surface area contributed by atoms with Gasteiger partial charge in [-0.2, -0.15) is 10.2 Å². The van der Waals surface area contributed by atoms with E-state index in [2.05, 4.69) is 4.99 Å². The maximum Gasteiger partial charge on any atom is 0.345 e. The number of rotatable bonds is 9. The Labute approximate surface area is 256 Å². The van der Waals surface area contributed by atoms with Crippen LogP contribution in [0.3, 0.4) is 0 Å². The molecule has 0 unspecified atom stereocenters. The molecular formula is C33H29N5O5S. The second-order valence-corrected chi connectivity index (χ2v) is 10.4. The Morgan fingerprint density at radius 2 is 1.68 bits per heavy atom. The average Bonchev–Trinajstić information content (AvgIpc) is 3.67. The molecule has 0 spiro atoms. The SMILES string of the molecule is CCN=c1scc(-c2cc(OC)c(OC)c(OC)c2)n1N=Cc1cn(-c2ccccc2)nc1-c1cc2ccccc2oc1=O. The zero-order valence-electron chi connectivity index (χ0n) is 24.6. The fourth-order valence-electron chi connectivity index (χ4n) is 4.83. The predicted octanol–water partition coefficient (Wildman–Crippen LogP) is 6.00. The normalized spacial score (nSPS) is 11.9. The summed E-state index contributed by atoms with van der Waals surface area (Å²) >= 11 is 1.46. The molecule has 0 radical (unpaired) electrons. The number of ether oxygens (including phenoxy) is 3. The summed E-state index contributed by atoms with van der Waals surface area (Å²) in [5.74, 6) is 1.54. The first-order valence-corrected chi connectivity index (χ1v) is 14.7. The summed E-state index contributed by atoms with van der Waals surface area (Å²) in [5.41, 5.74) is 3.80. The molecule has 10 nitrogen and oxygen atoms in total. The Morgan fingerprint density at radius 1 is 0.955 bits per heavy atom. The number of hydrogen-bond donors (Lipinski definition) is 0. The molecule has 0 aliphatic rings. The number of benzene rings is 3. The van der Waals surface area contributed by atoms with Crippen molar-refractivity contribution in [3.8, 4) is 45.5 Å². The van der Waals surface area contributed by atoms with Gasteiger partial charge in [0.1, 0.15) is 11.3 Å². The Bertz CT molecular complexity index is 2080. The van der Waals surface area contributed by atoms with Crippen LogP contribution in [-0.4, -0.2) is 48.5 Å². The molecule has 0 aliphatic heterocycles. The lowest BCUT2D eigenvalue weighted by Crippen LogP contribution is -2.12. The lowest BCUT2D eigenvalue weighted by Gasteiger charge is -2.14. The maximum absolute atomic E-state index is 13.2. The zero-order chi connectivity index (χ0) is 30.6. The van der Waals surface area contributed by atoms with E-state index in [1.807, 2.05) is 79.2 Å². The van der Waals surface area contributed by atoms with Crippen molar-refractivity contribution in [2.45, 2.75) is 6.92 Å². The molecule has 222 valence electrons. The van der Waals surface area contributed by atoms with E-state index in [0.717, 1.165) is 22.3 Å². The largest absolute Gasteiger partial charge is 0.493 e. The molecule has 0 bridgehead atoms. The Balaban J connectivity index is 1.53. The predicted molar refractivity (Wildman–Crippen MR) is 172 cm³/mol. The highest BCUT2D eigenvalue weighted by Crippen LogP contribution is 2.41. The van der Waals surface area contributed by atoms with E-state index in [1.165, 1.54) is 11.3 Å². The average molecular weight is 608 g/mol. The van der Waals surface area contributed by atoms with Crippen molar-refractivity contribution < 1.29 is 18.6 Å². The van der Waals surface area contributed by atoms with Gasteiger partial charge < -0.3 is 18.6 Å². The van der Waals surface area contributed by atoms with Crippen molar-refractivity contribution in [2.75, 3.05) is 27.9 Å². The van der Waals surface area contributed by atoms with Gasteiger partial charge in [0, 0.05) is 34.6 Å². The van der Waals surface area contributed by atoms with Gasteiger partial charge in [0.05, 0.1) is 44.5 Å². The van der Waals surface area contributed by atoms with Gasteiger partial charge >= 0.3 is 5.63 Å². The Morgan fingerprint density at radius 3 is 2.39 bits per heavy atom. The third kappa shape index (κ3) is 5.40. The van der Waals surface area contributed by atoms with Crippen LogP contribution in [0.5, 0.6) is 17.2 Å². The fourth-order valence-corrected chi connectivity index (χ4v) is 5.73. The summed E-state index contributed by atoms with van der Waals surface area (Å²) in [6.45, 7) is 2.54. The first-order valence-electron chi connectivity index (χ1n) is 13.8. The van der Waals surface area contributed by atoms with Crippen LogP contribution in [0.2, 0.25) is 0 Å². The molecule has 0 fully saturated rings. The van der Waals surface area contributed by atoms with E-state index < -0.39 is 5.63 Å². The zero-order valence-corrected chi connectivity index (χ0v) is 25.4. The second kappa shape index (κ2) is 12.4. The quantitative estimate of drug-likeness (QED) is 0.147. The smallest absolute Gasteiger partial charge is 0.345 e. The minimum Gasteiger partial charge on any atom is -0.493 e. The lowest BCUT2D eigenvalue weighted by molar-refractivity contribution is 0.324. The number of fused-ring (bicyclic) bond motifs is 1. The van der Waals surface area contributed by atoms with E-state index in [0.29, 0.717) is 51.0 Å². The van der Waals surface area contributed by atoms with Crippen molar-refractivity contribution in [2.24, 2.45) is 10.1 Å². The highest BCUT2D eigenvalue weighted by atomic mass is 32.1. The van der Waals surface area contributed by atoms with Gasteiger partial charge in [-0.05, 0) is 43.3 Å². The van der Waals surface area contributed by atoms with Crippen LogP contribution in [0.1, 0.15) is 12.5 Å². The van der Waals surface area contributed by atoms with E-state index in [4.69, 9.17) is 28.8 Å². The molecule has 0 amide bonds. The molecule has 0 aliphatic carbocycles. The highest BCUT2D eigenvalue weighted by molar-refractivity contribution is 7.07. The molecule has 0 atom stereocenters. The van der Waals surface area contributed by atoms with Crippen LogP contribution in [0, 0.1) is 0 Å². The minimum absolute atomic E-state index is 0.332. The van der Waals surface area contributed by atoms with Gasteiger partial charge in [-0.25, -0.2) is 14.2 Å². The van der Waals surface area contributed by atoms with Crippen LogP contribution < -0.4 is 24.6 Å². The van der Waals surface area contributed by atoms with Crippen LogP contribution in [0.15, 0.2) is 104 Å². The van der Waals surface area contributed by atoms with Crippen molar-refractivity contribution >= 4 is 28.5 Å². The first-order chi connectivity index (χ1) is 21.5. The summed E-state index contributed by atoms with van der Waals surface area (Å²) in [6.07, 6.45) is 3.52. The first kappa shape index (κ1) is 28.7. The van der Waals surface area contributed by atoms with Crippen molar-refractivity contribution in [3.05, 3.63) is 105 Å². The summed E-state index contributed by atoms with van der Waals surface area (Å²) in [5, 5.41) is 12.5. The molecule has 0 saturated heterocycles. The molecule has 6 rings (SSSR count). The van der Waals surface area contributed by atoms with Crippen molar-refractivity contribution in [3.63, 3.8) is 0 Å². The summed E-state index contributed by atoms with van der Waals surface area (Å²) in [7, 11) is 4.72. The molecular weight excluding hydrogens is 578 g/mol. The number of aromatic nitrogens is 3. The van der Waals surface area contributed by atoms with E-state index in [9.17, 15) is 4.79 Å². The molecule has 3 aromatic carbocycles. The Kier molecular flexibility index (Phi) is 8.11. The molecule has 44 heavy (non-hydrogen) atoms. The van der Waals surface area contributed by atoms with E-state index in [1.54, 1.807) is 49.0 Å². The number of thiazole rings is 1. The van der Waals surface area contributed by atoms with Gasteiger partial charge in [-0.15, -0.1) is 11.3 Å². The van der Waals surface area contributed by atoms with E-state index >= 15 is 0 Å². The van der Waals surface area contributed by atoms with Gasteiger partial charge in [0.25, 0.3) is 0 Å². The molecule has 0 N–H and O–H groups in total. The second-order valence-electron chi connectivity index (χ2n) is 9.55. The molecule has 11 heteroatoms. The maximum atomic E-state index is 13.2. The van der Waals surface area contributed by atoms with Gasteiger partial charge in [0.2, 0.25) is 10.6 Å². The van der Waals surface area contributed by atoms with E-state index in [-0.39, 0.29) is 0 Å². The Hall–Kier alpha value is -5.42. The minimum atomic E-state index is -0.486. The van der Waals surface area contributed by atoms with Crippen LogP contribution >= 0.6 is 11.3 Å². The van der Waals surface area contributed by atoms with Crippen molar-refractivity contribution in [1.82, 2.24) is 14.5 Å². The standard InChI is InChI=1S/C33H29N5O5S/c1-5-34-33-38(26(20-44-33)22-16-28(40-2)31(42-4)29(17-22)41-3)35-18-23-19-37(24-12-7-6-8-13-24)36-30(23)25-15-21-11-9-10-14-27(21)43-32(25)39/h6-20H,5H2,1-4H3. The summed E-state index contributed by atoms with van der Waals surface area (Å²) in [4.78, 5) is 18.6. The number of para-hydroxylation sites is 2. The van der Waals surface area contributed by atoms with Gasteiger partial charge in [-0.3, -0.25) is 4.99 Å². The molecule has 6 aromatic rings. The van der Waals surface area contributed by atoms with Crippen LogP contribution in [0.4, 0.5) is 0 Å². The topological polar surface area (TPSA) is 105 Å². The van der Waals surface area contributed by atoms with Crippen LogP contribution in [-0.2, 0) is 0 Å². The third-order valence-corrected chi connectivity index (χ3v) is 7.77. The molecule has 0 saturated carbocycles. The number of nitrogens with zero attached hydrogens (tertiary/aromatic N) is 5. The number of hydrogen-bond acceptors (Lipinski definition) is 9. The molecule has 3 heterocycles. The third-order valence-electron chi connectivity index (χ3n) is 6.91. The van der Waals surface area contributed by atoms with Gasteiger partial charge in [-0.1, -0.05) is 36.4 Å². The lowest BCUT2D eigenvalue weighted by atomic mass is 10.1. The van der Waals surface area contributed by atoms with Crippen LogP contribution in [0.25, 0.3) is 39.2 Å². The highest BCUT2D eigenvalue weighted by Gasteiger charge is 2.19. The fraction of sp³-hybridized carbons (Fsp3) is 0.152. The monoisotopic (exact) mass is 607 g/mol. The summed E-state index contributed by atoms with van der Waals surface area (Å²) in [6, 6.07) is 22.6.